The third kappa shape index (κ3) is 5.57. The van der Waals surface area contributed by atoms with Crippen LogP contribution in [0.5, 0.6) is 5.88 Å². The number of hydrogen-bond donors (Lipinski definition) is 2. The number of rotatable bonds is 7. The van der Waals surface area contributed by atoms with E-state index in [1.807, 2.05) is 0 Å². The number of nitrogens with zero attached hydrogens (tertiary/aromatic N) is 3. The number of aromatic nitrogens is 3. The zero-order valence-electron chi connectivity index (χ0n) is 17.8. The van der Waals surface area contributed by atoms with Gasteiger partial charge in [0.2, 0.25) is 5.88 Å². The van der Waals surface area contributed by atoms with E-state index < -0.39 is 11.8 Å². The number of anilines is 1. The minimum Gasteiger partial charge on any atom is -0.473 e. The molecule has 2 N–H and O–H groups in total. The predicted molar refractivity (Wildman–Crippen MR) is 138 cm³/mol. The Bertz CT molecular complexity index is 1380. The monoisotopic (exact) mass is 547 g/mol. The van der Waals surface area contributed by atoms with Crippen molar-refractivity contribution >= 4 is 69.4 Å². The minimum atomic E-state index is -0.645. The molecule has 1 aromatic carbocycles. The average Bonchev–Trinajstić information content (AvgIpc) is 3.22. The maximum atomic E-state index is 13.4. The normalized spacial score (nSPS) is 13.0. The molecule has 0 spiro atoms. The summed E-state index contributed by atoms with van der Waals surface area (Å²) in [6.07, 6.45) is 7.87. The maximum Gasteiger partial charge on any atom is 0.274 e. The van der Waals surface area contributed by atoms with Crippen LogP contribution in [0.2, 0.25) is 15.1 Å². The highest BCUT2D eigenvalue weighted by molar-refractivity contribution is 7.80. The Morgan fingerprint density at radius 1 is 1.20 bits per heavy atom. The third-order valence-corrected chi connectivity index (χ3v) is 6.09. The lowest BCUT2D eigenvalue weighted by molar-refractivity contribution is 0.0959. The molecule has 0 unspecified atom stereocenters. The summed E-state index contributed by atoms with van der Waals surface area (Å²) < 4.78 is 7.11. The molecule has 1 fully saturated rings. The van der Waals surface area contributed by atoms with Crippen molar-refractivity contribution < 1.29 is 14.3 Å². The van der Waals surface area contributed by atoms with E-state index in [2.05, 4.69) is 26.6 Å². The van der Waals surface area contributed by atoms with Crippen LogP contribution in [0, 0.1) is 12.3 Å². The number of nitrogens with one attached hydrogen (secondary N) is 2. The van der Waals surface area contributed by atoms with Crippen LogP contribution in [0.25, 0.3) is 5.82 Å². The second-order valence-corrected chi connectivity index (χ2v) is 9.25. The summed E-state index contributed by atoms with van der Waals surface area (Å²) in [5, 5.41) is 10.1. The van der Waals surface area contributed by atoms with Gasteiger partial charge in [-0.15, -0.1) is 11.5 Å². The zero-order valence-corrected chi connectivity index (χ0v) is 20.9. The van der Waals surface area contributed by atoms with Crippen molar-refractivity contribution in [1.82, 2.24) is 20.1 Å². The van der Waals surface area contributed by atoms with Gasteiger partial charge in [-0.2, -0.15) is 0 Å². The highest BCUT2D eigenvalue weighted by Crippen LogP contribution is 2.32. The number of carbonyl (C=O) groups excluding carboxylic acids is 2. The second-order valence-electron chi connectivity index (χ2n) is 7.43. The van der Waals surface area contributed by atoms with E-state index in [1.54, 1.807) is 12.1 Å². The fourth-order valence-corrected chi connectivity index (χ4v) is 4.37. The van der Waals surface area contributed by atoms with E-state index in [9.17, 15) is 9.59 Å². The Morgan fingerprint density at radius 3 is 2.66 bits per heavy atom. The van der Waals surface area contributed by atoms with Crippen molar-refractivity contribution in [3.63, 3.8) is 0 Å². The fourth-order valence-electron chi connectivity index (χ4n) is 3.26. The van der Waals surface area contributed by atoms with Gasteiger partial charge >= 0.3 is 0 Å². The van der Waals surface area contributed by atoms with Gasteiger partial charge in [-0.25, -0.2) is 9.67 Å². The molecule has 0 radical (unpaired) electrons. The van der Waals surface area contributed by atoms with Crippen molar-refractivity contribution in [2.45, 2.75) is 18.9 Å². The molecule has 4 rings (SSSR count). The summed E-state index contributed by atoms with van der Waals surface area (Å²) in [5.41, 5.74) is 0.123. The summed E-state index contributed by atoms with van der Waals surface area (Å²) in [4.78, 5) is 31.2. The summed E-state index contributed by atoms with van der Waals surface area (Å²) in [6, 6.07) is 7.48. The van der Waals surface area contributed by atoms with E-state index in [4.69, 9.17) is 58.2 Å². The Hall–Kier alpha value is -3.16. The van der Waals surface area contributed by atoms with E-state index in [-0.39, 0.29) is 56.4 Å². The molecule has 0 saturated heterocycles. The van der Waals surface area contributed by atoms with Crippen molar-refractivity contribution in [1.29, 1.82) is 0 Å². The molecule has 0 aliphatic heterocycles. The molecular weight excluding hydrogens is 533 g/mol. The number of thiocarbonyl (C=S) groups is 1. The smallest absolute Gasteiger partial charge is 0.274 e. The van der Waals surface area contributed by atoms with Gasteiger partial charge in [0.05, 0.1) is 27.8 Å². The van der Waals surface area contributed by atoms with Crippen LogP contribution in [0.15, 0.2) is 36.5 Å². The average molecular weight is 549 g/mol. The molecule has 8 nitrogen and oxygen atoms in total. The first-order chi connectivity index (χ1) is 16.8. The number of amides is 2. The van der Waals surface area contributed by atoms with E-state index in [0.717, 1.165) is 4.86 Å². The van der Waals surface area contributed by atoms with Gasteiger partial charge in [-0.05, 0) is 24.3 Å². The number of terminal acetylenes is 1. The number of halogens is 3. The predicted octanol–water partition coefficient (Wildman–Crippen LogP) is 4.75. The SMILES string of the molecule is C#CCNC(=O)c1cc(Cl)cc(Cl)c1NC(=O)c1cc(OC2CC(=S)C2)nn1-c1ncccc1Cl. The van der Waals surface area contributed by atoms with Crippen molar-refractivity contribution in [2.75, 3.05) is 11.9 Å². The Morgan fingerprint density at radius 2 is 1.97 bits per heavy atom. The molecule has 1 aliphatic carbocycles. The number of ether oxygens (including phenoxy) is 1. The molecule has 0 atom stereocenters. The van der Waals surface area contributed by atoms with Crippen molar-refractivity contribution in [3.05, 3.63) is 62.9 Å². The van der Waals surface area contributed by atoms with Crippen molar-refractivity contribution in [3.8, 4) is 24.0 Å². The first-order valence-electron chi connectivity index (χ1n) is 10.2. The van der Waals surface area contributed by atoms with Gasteiger partial charge in [-0.3, -0.25) is 9.59 Å². The molecule has 1 aliphatic rings. The van der Waals surface area contributed by atoms with Gasteiger partial charge in [0.15, 0.2) is 5.82 Å². The molecular formula is C23H16Cl3N5O3S. The first kappa shape index (κ1) is 24.9. The fraction of sp³-hybridized carbons (Fsp3) is 0.174. The van der Waals surface area contributed by atoms with E-state index in [1.165, 1.54) is 29.1 Å². The lowest BCUT2D eigenvalue weighted by atomic mass is 9.96. The number of carbonyl (C=O) groups is 2. The van der Waals surface area contributed by atoms with Crippen LogP contribution in [-0.4, -0.2) is 44.1 Å². The molecule has 35 heavy (non-hydrogen) atoms. The van der Waals surface area contributed by atoms with Gasteiger partial charge in [0, 0.05) is 35.0 Å². The topological polar surface area (TPSA) is 98.1 Å². The minimum absolute atomic E-state index is 0.0212. The Kier molecular flexibility index (Phi) is 7.57. The van der Waals surface area contributed by atoms with Gasteiger partial charge in [0.25, 0.3) is 11.8 Å². The Labute approximate surface area is 220 Å². The molecule has 0 bridgehead atoms. The lowest BCUT2D eigenvalue weighted by Gasteiger charge is -2.26. The van der Waals surface area contributed by atoms with Crippen LogP contribution < -0.4 is 15.4 Å². The highest BCUT2D eigenvalue weighted by atomic mass is 35.5. The molecule has 2 amide bonds. The molecule has 2 aromatic heterocycles. The number of benzene rings is 1. The molecule has 1 saturated carbocycles. The number of hydrogen-bond acceptors (Lipinski definition) is 6. The van der Waals surface area contributed by atoms with Crippen molar-refractivity contribution in [2.24, 2.45) is 0 Å². The van der Waals surface area contributed by atoms with Crippen LogP contribution in [0.1, 0.15) is 33.7 Å². The summed E-state index contributed by atoms with van der Waals surface area (Å²) in [7, 11) is 0. The molecule has 178 valence electrons. The molecule has 3 aromatic rings. The lowest BCUT2D eigenvalue weighted by Crippen LogP contribution is -2.32. The van der Waals surface area contributed by atoms with Crippen LogP contribution in [0.4, 0.5) is 5.69 Å². The van der Waals surface area contributed by atoms with E-state index >= 15 is 0 Å². The molecule has 2 heterocycles. The standard InChI is InChI=1S/C23H16Cl3N5O3S/c1-2-5-28-22(32)15-7-12(24)8-17(26)20(15)29-23(33)18-11-19(34-13-9-14(35)10-13)30-31(18)21-16(25)4-3-6-27-21/h1,3-4,6-8,11,13H,5,9-10H2,(H,28,32)(H,29,33). The van der Waals surface area contributed by atoms with Crippen LogP contribution in [-0.2, 0) is 0 Å². The van der Waals surface area contributed by atoms with Crippen LogP contribution in [0.3, 0.4) is 0 Å². The van der Waals surface area contributed by atoms with Gasteiger partial charge < -0.3 is 15.4 Å². The zero-order chi connectivity index (χ0) is 25.1. The Balaban J connectivity index is 1.71. The first-order valence-corrected chi connectivity index (χ1v) is 11.7. The summed E-state index contributed by atoms with van der Waals surface area (Å²) in [5.74, 6) is 1.51. The largest absolute Gasteiger partial charge is 0.473 e. The molecule has 12 heteroatoms. The third-order valence-electron chi connectivity index (χ3n) is 4.95. The van der Waals surface area contributed by atoms with Gasteiger partial charge in [-0.1, -0.05) is 52.9 Å². The highest BCUT2D eigenvalue weighted by Gasteiger charge is 2.28. The summed E-state index contributed by atoms with van der Waals surface area (Å²) >= 11 is 23.8. The van der Waals surface area contributed by atoms with Gasteiger partial charge in [0.1, 0.15) is 11.8 Å². The summed E-state index contributed by atoms with van der Waals surface area (Å²) in [6.45, 7) is -0.0212. The van der Waals surface area contributed by atoms with Crippen LogP contribution >= 0.6 is 47.0 Å². The number of pyridine rings is 1. The maximum absolute atomic E-state index is 13.4. The second kappa shape index (κ2) is 10.6. The van der Waals surface area contributed by atoms with E-state index in [0.29, 0.717) is 12.8 Å². The quantitative estimate of drug-likeness (QED) is 0.327.